The molecule has 3 rings (SSSR count). The molecule has 1 amide bonds. The van der Waals surface area contributed by atoms with Crippen LogP contribution < -0.4 is 0 Å². The Morgan fingerprint density at radius 1 is 1.13 bits per heavy atom. The van der Waals surface area contributed by atoms with E-state index in [4.69, 9.17) is 9.78 Å². The number of carbonyl (C=O) groups is 1. The molecule has 2 heterocycles. The fourth-order valence-corrected chi connectivity index (χ4v) is 3.44. The van der Waals surface area contributed by atoms with Crippen LogP contribution in [0.5, 0.6) is 0 Å². The standard InChI is InChI=1S/C23H27N5O2/c1-16-12-21(18(3)28(16)22-13-17(2)30-25-22)23(29)27(11-10-26(4)5)15-20-8-6-19(14-24)7-9-20/h6-9,12-13H,10-11,15H2,1-5H3. The summed E-state index contributed by atoms with van der Waals surface area (Å²) in [5, 5.41) is 13.1. The zero-order chi connectivity index (χ0) is 21.8. The second kappa shape index (κ2) is 8.97. The smallest absolute Gasteiger partial charge is 0.256 e. The normalized spacial score (nSPS) is 11.0. The van der Waals surface area contributed by atoms with Crippen molar-refractivity contribution >= 4 is 5.91 Å². The third kappa shape index (κ3) is 4.61. The van der Waals surface area contributed by atoms with Crippen molar-refractivity contribution in [1.82, 2.24) is 19.5 Å². The van der Waals surface area contributed by atoms with Crippen molar-refractivity contribution in [1.29, 1.82) is 5.26 Å². The molecule has 0 saturated heterocycles. The molecule has 0 aliphatic carbocycles. The van der Waals surface area contributed by atoms with Gasteiger partial charge >= 0.3 is 0 Å². The lowest BCUT2D eigenvalue weighted by molar-refractivity contribution is 0.0731. The summed E-state index contributed by atoms with van der Waals surface area (Å²) in [6.07, 6.45) is 0. The van der Waals surface area contributed by atoms with E-state index in [1.54, 1.807) is 12.1 Å². The van der Waals surface area contributed by atoms with Gasteiger partial charge in [0.05, 0.1) is 17.2 Å². The van der Waals surface area contributed by atoms with Crippen LogP contribution in [0, 0.1) is 32.1 Å². The highest BCUT2D eigenvalue weighted by molar-refractivity contribution is 5.96. The first-order valence-corrected chi connectivity index (χ1v) is 9.86. The first-order chi connectivity index (χ1) is 14.3. The minimum absolute atomic E-state index is 0.0271. The van der Waals surface area contributed by atoms with Gasteiger partial charge in [0.1, 0.15) is 5.76 Å². The van der Waals surface area contributed by atoms with Gasteiger partial charge in [-0.2, -0.15) is 5.26 Å². The summed E-state index contributed by atoms with van der Waals surface area (Å²) in [5.74, 6) is 1.37. The number of nitrogens with zero attached hydrogens (tertiary/aromatic N) is 5. The molecule has 0 radical (unpaired) electrons. The minimum atomic E-state index is -0.0271. The number of rotatable bonds is 7. The summed E-state index contributed by atoms with van der Waals surface area (Å²) in [4.78, 5) is 17.4. The molecular formula is C23H27N5O2. The molecule has 3 aromatic rings. The molecule has 0 fully saturated rings. The Kier molecular flexibility index (Phi) is 6.38. The molecular weight excluding hydrogens is 378 g/mol. The van der Waals surface area contributed by atoms with E-state index < -0.39 is 0 Å². The highest BCUT2D eigenvalue weighted by Gasteiger charge is 2.23. The van der Waals surface area contributed by atoms with Crippen LogP contribution in [-0.2, 0) is 6.54 Å². The average molecular weight is 406 g/mol. The van der Waals surface area contributed by atoms with Crippen molar-refractivity contribution < 1.29 is 9.32 Å². The van der Waals surface area contributed by atoms with Crippen molar-refractivity contribution in [2.24, 2.45) is 0 Å². The van der Waals surface area contributed by atoms with Gasteiger partial charge in [-0.05, 0) is 58.6 Å². The second-order valence-corrected chi connectivity index (χ2v) is 7.75. The van der Waals surface area contributed by atoms with Crippen molar-refractivity contribution in [2.45, 2.75) is 27.3 Å². The molecule has 1 aromatic carbocycles. The summed E-state index contributed by atoms with van der Waals surface area (Å²) >= 11 is 0. The topological polar surface area (TPSA) is 78.3 Å². The molecule has 7 heteroatoms. The van der Waals surface area contributed by atoms with Gasteiger partial charge in [-0.1, -0.05) is 17.3 Å². The molecule has 2 aromatic heterocycles. The van der Waals surface area contributed by atoms with Crippen LogP contribution in [0.2, 0.25) is 0 Å². The molecule has 0 saturated carbocycles. The maximum Gasteiger partial charge on any atom is 0.256 e. The second-order valence-electron chi connectivity index (χ2n) is 7.75. The Morgan fingerprint density at radius 2 is 1.83 bits per heavy atom. The van der Waals surface area contributed by atoms with Crippen LogP contribution in [0.4, 0.5) is 0 Å². The van der Waals surface area contributed by atoms with E-state index in [2.05, 4.69) is 16.1 Å². The molecule has 156 valence electrons. The first-order valence-electron chi connectivity index (χ1n) is 9.86. The number of benzene rings is 1. The van der Waals surface area contributed by atoms with E-state index in [-0.39, 0.29) is 5.91 Å². The maximum atomic E-state index is 13.5. The van der Waals surface area contributed by atoms with E-state index in [9.17, 15) is 4.79 Å². The summed E-state index contributed by atoms with van der Waals surface area (Å²) in [5.41, 5.74) is 4.01. The van der Waals surface area contributed by atoms with Gasteiger partial charge in [-0.3, -0.25) is 9.36 Å². The van der Waals surface area contributed by atoms with Gasteiger partial charge in [0.15, 0.2) is 5.82 Å². The lowest BCUT2D eigenvalue weighted by Crippen LogP contribution is -2.36. The molecule has 0 aliphatic rings. The van der Waals surface area contributed by atoms with E-state index in [0.717, 1.165) is 29.3 Å². The van der Waals surface area contributed by atoms with Gasteiger partial charge in [-0.25, -0.2) is 0 Å². The Morgan fingerprint density at radius 3 is 2.40 bits per heavy atom. The van der Waals surface area contributed by atoms with Crippen molar-refractivity contribution in [2.75, 3.05) is 27.2 Å². The average Bonchev–Trinajstić information content (AvgIpc) is 3.27. The number of aryl methyl sites for hydroxylation is 2. The summed E-state index contributed by atoms with van der Waals surface area (Å²) < 4.78 is 7.15. The molecule has 30 heavy (non-hydrogen) atoms. The number of nitriles is 1. The Bertz CT molecular complexity index is 1070. The largest absolute Gasteiger partial charge is 0.360 e. The van der Waals surface area contributed by atoms with Crippen LogP contribution in [0.3, 0.4) is 0 Å². The molecule has 7 nitrogen and oxygen atoms in total. The predicted molar refractivity (Wildman–Crippen MR) is 114 cm³/mol. The Balaban J connectivity index is 1.91. The number of likely N-dealkylation sites (N-methyl/N-ethyl adjacent to an activating group) is 1. The van der Waals surface area contributed by atoms with Crippen LogP contribution in [0.15, 0.2) is 40.9 Å². The van der Waals surface area contributed by atoms with Crippen LogP contribution in [0.1, 0.15) is 38.6 Å². The van der Waals surface area contributed by atoms with Crippen molar-refractivity contribution in [3.63, 3.8) is 0 Å². The molecule has 0 unspecified atom stereocenters. The van der Waals surface area contributed by atoms with Gasteiger partial charge in [-0.15, -0.1) is 0 Å². The number of hydrogen-bond acceptors (Lipinski definition) is 5. The van der Waals surface area contributed by atoms with Crippen LogP contribution >= 0.6 is 0 Å². The van der Waals surface area contributed by atoms with E-state index in [0.29, 0.717) is 30.0 Å². The van der Waals surface area contributed by atoms with Gasteiger partial charge in [0.2, 0.25) is 0 Å². The number of amides is 1. The monoisotopic (exact) mass is 405 g/mol. The highest BCUT2D eigenvalue weighted by Crippen LogP contribution is 2.23. The van der Waals surface area contributed by atoms with E-state index in [1.165, 1.54) is 0 Å². The lowest BCUT2D eigenvalue weighted by atomic mass is 10.1. The third-order valence-corrected chi connectivity index (χ3v) is 5.07. The Hall–Kier alpha value is -3.37. The molecule has 0 bridgehead atoms. The zero-order valence-corrected chi connectivity index (χ0v) is 18.1. The lowest BCUT2D eigenvalue weighted by Gasteiger charge is -2.25. The number of hydrogen-bond donors (Lipinski definition) is 0. The third-order valence-electron chi connectivity index (χ3n) is 5.07. The van der Waals surface area contributed by atoms with Crippen molar-refractivity contribution in [3.8, 4) is 11.9 Å². The SMILES string of the molecule is Cc1cc(-n2c(C)cc(C(=O)N(CCN(C)C)Cc3ccc(C#N)cc3)c2C)no1. The summed E-state index contributed by atoms with van der Waals surface area (Å²) in [6, 6.07) is 13.2. The highest BCUT2D eigenvalue weighted by atomic mass is 16.5. The molecule has 0 atom stereocenters. The summed E-state index contributed by atoms with van der Waals surface area (Å²) in [6.45, 7) is 7.55. The fraction of sp³-hybridized carbons (Fsp3) is 0.348. The van der Waals surface area contributed by atoms with Crippen LogP contribution in [-0.4, -0.2) is 52.6 Å². The van der Waals surface area contributed by atoms with Crippen LogP contribution in [0.25, 0.3) is 5.82 Å². The fourth-order valence-electron chi connectivity index (χ4n) is 3.44. The van der Waals surface area contributed by atoms with E-state index >= 15 is 0 Å². The predicted octanol–water partition coefficient (Wildman–Crippen LogP) is 3.47. The Labute approximate surface area is 177 Å². The van der Waals surface area contributed by atoms with Gasteiger partial charge in [0, 0.05) is 37.1 Å². The quantitative estimate of drug-likeness (QED) is 0.601. The molecule has 0 N–H and O–H groups in total. The molecule has 0 aliphatic heterocycles. The maximum absolute atomic E-state index is 13.5. The number of aromatic nitrogens is 2. The number of carbonyl (C=O) groups excluding carboxylic acids is 1. The van der Waals surface area contributed by atoms with E-state index in [1.807, 2.05) is 68.6 Å². The minimum Gasteiger partial charge on any atom is -0.360 e. The first kappa shape index (κ1) is 21.3. The molecule has 0 spiro atoms. The van der Waals surface area contributed by atoms with Crippen molar-refractivity contribution in [3.05, 3.63) is 70.2 Å². The zero-order valence-electron chi connectivity index (χ0n) is 18.1. The van der Waals surface area contributed by atoms with Gasteiger partial charge in [0.25, 0.3) is 5.91 Å². The summed E-state index contributed by atoms with van der Waals surface area (Å²) in [7, 11) is 3.98. The van der Waals surface area contributed by atoms with Gasteiger partial charge < -0.3 is 14.3 Å².